The molecular weight excluding hydrogens is 500 g/mol. The maximum atomic E-state index is 5.11. The number of hydrogen-bond acceptors (Lipinski definition) is 1. The average molecular weight is 503 g/mol. The fourth-order valence-corrected chi connectivity index (χ4v) is 0. The molecule has 0 aliphatic rings. The van der Waals surface area contributed by atoms with E-state index in [0.717, 1.165) is 0 Å². The van der Waals surface area contributed by atoms with Gasteiger partial charge in [-0.1, -0.05) is 0 Å². The monoisotopic (exact) mass is 502 g/mol. The fraction of sp³-hybridized carbons (Fsp3) is 1.00. The predicted octanol–water partition coefficient (Wildman–Crippen LogP) is 2.75. The van der Waals surface area contributed by atoms with Crippen LogP contribution in [-0.2, 0) is 10.9 Å². The first-order valence-corrected chi connectivity index (χ1v) is 24.1. The minimum atomic E-state index is -1.82. The van der Waals surface area contributed by atoms with Crippen LogP contribution in [0.2, 0.25) is 0 Å². The Balaban J connectivity index is 3.17. The van der Waals surface area contributed by atoms with E-state index in [1.54, 1.807) is 7.11 Å². The van der Waals surface area contributed by atoms with Crippen LogP contribution in [0.5, 0.6) is 0 Å². The van der Waals surface area contributed by atoms with E-state index in [1.165, 1.54) is 0 Å². The summed E-state index contributed by atoms with van der Waals surface area (Å²) in [5.74, 6) is 0. The number of halogens is 3. The van der Waals surface area contributed by atoms with E-state index in [0.29, 0.717) is 0 Å². The second kappa shape index (κ2) is 3.95. The minimum absolute atomic E-state index is 1.78. The fourth-order valence-electron chi connectivity index (χ4n) is 0. The summed E-state index contributed by atoms with van der Waals surface area (Å²) in [4.78, 5) is 0. The van der Waals surface area contributed by atoms with Crippen LogP contribution in [-0.4, -0.2) is 7.11 Å². The van der Waals surface area contributed by atoms with Crippen molar-refractivity contribution < 1.29 is 10.9 Å². The maximum absolute atomic E-state index is 5.11. The number of rotatable bonds is 1. The van der Waals surface area contributed by atoms with Gasteiger partial charge in [0.2, 0.25) is 0 Å². The SMILES string of the molecule is C[O][Zr]([I])([I])[I]. The van der Waals surface area contributed by atoms with Crippen molar-refractivity contribution in [3.8, 4) is 0 Å². The molecule has 0 saturated carbocycles. The van der Waals surface area contributed by atoms with Crippen molar-refractivity contribution in [3.63, 3.8) is 0 Å². The molecule has 0 bridgehead atoms. The van der Waals surface area contributed by atoms with Crippen molar-refractivity contribution in [1.29, 1.82) is 0 Å². The van der Waals surface area contributed by atoms with Gasteiger partial charge in [-0.3, -0.25) is 0 Å². The molecule has 0 fully saturated rings. The molecule has 0 heterocycles. The van der Waals surface area contributed by atoms with E-state index >= 15 is 0 Å². The third-order valence-electron chi connectivity index (χ3n) is 0.231. The third-order valence-corrected chi connectivity index (χ3v) is 9.19. The summed E-state index contributed by atoms with van der Waals surface area (Å²) in [5, 5.41) is 0. The number of hydrogen-bond donors (Lipinski definition) is 0. The normalized spacial score (nSPS) is 12.0. The Bertz CT molecular complexity index is 40.5. The molecule has 0 aromatic carbocycles. The summed E-state index contributed by atoms with van der Waals surface area (Å²) in [5.41, 5.74) is 0. The molecule has 0 rings (SSSR count). The van der Waals surface area contributed by atoms with Gasteiger partial charge in [0.25, 0.3) is 0 Å². The van der Waals surface area contributed by atoms with E-state index in [1.807, 2.05) is 0 Å². The zero-order valence-electron chi connectivity index (χ0n) is 3.04. The van der Waals surface area contributed by atoms with Crippen LogP contribution >= 0.6 is 54.1 Å². The molecule has 0 aliphatic carbocycles. The van der Waals surface area contributed by atoms with Gasteiger partial charge < -0.3 is 0 Å². The van der Waals surface area contributed by atoms with Crippen molar-refractivity contribution in [3.05, 3.63) is 0 Å². The Morgan fingerprint density at radius 2 is 1.50 bits per heavy atom. The molecule has 0 radical (unpaired) electrons. The molecule has 0 aromatic heterocycles. The van der Waals surface area contributed by atoms with Crippen LogP contribution in [0.4, 0.5) is 0 Å². The predicted molar refractivity (Wildman–Crippen MR) is 49.1 cm³/mol. The quantitative estimate of drug-likeness (QED) is 0.501. The zero-order chi connectivity index (χ0) is 5.21. The van der Waals surface area contributed by atoms with Gasteiger partial charge in [-0.2, -0.15) is 0 Å². The topological polar surface area (TPSA) is 9.23 Å². The first kappa shape index (κ1) is 9.03. The first-order valence-electron chi connectivity index (χ1n) is 1.18. The van der Waals surface area contributed by atoms with Gasteiger partial charge in [0.15, 0.2) is 0 Å². The summed E-state index contributed by atoms with van der Waals surface area (Å²) in [6, 6.07) is 0. The molecule has 0 aliphatic heterocycles. The molecule has 0 N–H and O–H groups in total. The zero-order valence-corrected chi connectivity index (χ0v) is 12.0. The van der Waals surface area contributed by atoms with E-state index in [4.69, 9.17) is 2.81 Å². The standard InChI is InChI=1S/CH3O.3HI.Zr/c1-2;;;;/h1H3;3*1H;/q-1;;;;+4/p-3. The summed E-state index contributed by atoms with van der Waals surface area (Å²) in [6.45, 7) is 0. The van der Waals surface area contributed by atoms with Gasteiger partial charge in [0, 0.05) is 0 Å². The molecule has 0 aromatic rings. The molecule has 0 saturated heterocycles. The summed E-state index contributed by atoms with van der Waals surface area (Å²) < 4.78 is 5.11. The van der Waals surface area contributed by atoms with Crippen LogP contribution < -0.4 is 0 Å². The van der Waals surface area contributed by atoms with E-state index in [2.05, 4.69) is 54.1 Å². The first-order chi connectivity index (χ1) is 2.56. The molecule has 6 heavy (non-hydrogen) atoms. The van der Waals surface area contributed by atoms with Crippen molar-refractivity contribution in [2.75, 3.05) is 7.11 Å². The Morgan fingerprint density at radius 3 is 1.50 bits per heavy atom. The van der Waals surface area contributed by atoms with Crippen LogP contribution in [0.1, 0.15) is 0 Å². The molecular formula is CH3I3OZr. The average Bonchev–Trinajstić information content (AvgIpc) is 1.35. The summed E-state index contributed by atoms with van der Waals surface area (Å²) in [6.07, 6.45) is 0. The van der Waals surface area contributed by atoms with Crippen LogP contribution in [0.25, 0.3) is 0 Å². The molecule has 0 unspecified atom stereocenters. The third kappa shape index (κ3) is 7.03. The Morgan fingerprint density at radius 1 is 1.33 bits per heavy atom. The van der Waals surface area contributed by atoms with Gasteiger partial charge in [-0.15, -0.1) is 0 Å². The van der Waals surface area contributed by atoms with Crippen LogP contribution in [0.15, 0.2) is 0 Å². The molecule has 38 valence electrons. The summed E-state index contributed by atoms with van der Waals surface area (Å²) >= 11 is 7.20. The molecule has 5 heteroatoms. The van der Waals surface area contributed by atoms with Crippen molar-refractivity contribution in [2.45, 2.75) is 0 Å². The van der Waals surface area contributed by atoms with Gasteiger partial charge in [-0.25, -0.2) is 0 Å². The molecule has 0 amide bonds. The van der Waals surface area contributed by atoms with E-state index in [9.17, 15) is 0 Å². The van der Waals surface area contributed by atoms with Crippen LogP contribution in [0, 0.1) is 0 Å². The molecule has 0 atom stereocenters. The Labute approximate surface area is 70.1 Å². The molecule has 1 nitrogen and oxygen atoms in total. The van der Waals surface area contributed by atoms with E-state index in [-0.39, 0.29) is 0 Å². The Hall–Kier alpha value is 3.03. The van der Waals surface area contributed by atoms with E-state index < -0.39 is 8.14 Å². The second-order valence-electron chi connectivity index (χ2n) is 0.650. The summed E-state index contributed by atoms with van der Waals surface area (Å²) in [7, 11) is -0.0425. The molecule has 0 spiro atoms. The van der Waals surface area contributed by atoms with Gasteiger partial charge in [0.05, 0.1) is 0 Å². The van der Waals surface area contributed by atoms with Crippen LogP contribution in [0.3, 0.4) is 0 Å². The van der Waals surface area contributed by atoms with Crippen molar-refractivity contribution in [1.82, 2.24) is 0 Å². The van der Waals surface area contributed by atoms with Gasteiger partial charge in [-0.05, 0) is 0 Å². The second-order valence-corrected chi connectivity index (χ2v) is 67.4. The van der Waals surface area contributed by atoms with Gasteiger partial charge in [0.1, 0.15) is 0 Å². The van der Waals surface area contributed by atoms with Crippen molar-refractivity contribution in [2.24, 2.45) is 0 Å². The van der Waals surface area contributed by atoms with Gasteiger partial charge >= 0.3 is 72.2 Å². The Kier molecular flexibility index (Phi) is 5.94. The van der Waals surface area contributed by atoms with Crippen molar-refractivity contribution >= 4 is 54.1 Å².